The molecule has 0 bridgehead atoms. The average molecular weight is 350 g/mol. The minimum Gasteiger partial charge on any atom is -0.490 e. The van der Waals surface area contributed by atoms with Gasteiger partial charge in [-0.15, -0.1) is 0 Å². The van der Waals surface area contributed by atoms with Gasteiger partial charge in [0.15, 0.2) is 11.5 Å². The van der Waals surface area contributed by atoms with Gasteiger partial charge in [-0.2, -0.15) is 8.78 Å². The third kappa shape index (κ3) is 5.87. The summed E-state index contributed by atoms with van der Waals surface area (Å²) in [4.78, 5) is 0. The van der Waals surface area contributed by atoms with Crippen molar-refractivity contribution < 1.29 is 18.3 Å². The predicted molar refractivity (Wildman–Crippen MR) is 96.8 cm³/mol. The average Bonchev–Trinajstić information content (AvgIpc) is 2.63. The maximum Gasteiger partial charge on any atom is 0.205 e. The molecule has 1 aromatic rings. The number of halogens is 2. The highest BCUT2D eigenvalue weighted by Gasteiger charge is 2.21. The lowest BCUT2D eigenvalue weighted by Gasteiger charge is -2.26. The van der Waals surface area contributed by atoms with Gasteiger partial charge in [0, 0.05) is 0 Å². The van der Waals surface area contributed by atoms with Crippen LogP contribution in [0, 0.1) is 23.5 Å². The maximum absolute atomic E-state index is 14.1. The van der Waals surface area contributed by atoms with Crippen molar-refractivity contribution in [1.82, 2.24) is 0 Å². The zero-order chi connectivity index (χ0) is 18.1. The van der Waals surface area contributed by atoms with Crippen LogP contribution < -0.4 is 9.47 Å². The highest BCUT2D eigenvalue weighted by molar-refractivity contribution is 5.35. The largest absolute Gasteiger partial charge is 0.490 e. The second-order valence-corrected chi connectivity index (χ2v) is 6.59. The lowest BCUT2D eigenvalue weighted by molar-refractivity contribution is 0.187. The van der Waals surface area contributed by atoms with Crippen molar-refractivity contribution in [2.75, 3.05) is 6.61 Å². The Balaban J connectivity index is 1.83. The molecule has 1 aliphatic carbocycles. The van der Waals surface area contributed by atoms with Gasteiger partial charge in [-0.3, -0.25) is 0 Å². The summed E-state index contributed by atoms with van der Waals surface area (Å²) in [5.41, 5.74) is 0. The van der Waals surface area contributed by atoms with Crippen molar-refractivity contribution in [3.63, 3.8) is 0 Å². The summed E-state index contributed by atoms with van der Waals surface area (Å²) in [6.45, 7) is 4.34. The number of ether oxygens (including phenoxy) is 2. The van der Waals surface area contributed by atoms with E-state index in [1.54, 1.807) is 13.0 Å². The van der Waals surface area contributed by atoms with Gasteiger partial charge in [0.05, 0.1) is 12.9 Å². The molecular formula is C21H28F2O2. The fraction of sp³-hybridized carbons (Fsp3) is 0.524. The van der Waals surface area contributed by atoms with Crippen molar-refractivity contribution in [3.8, 4) is 11.5 Å². The number of unbranched alkanes of at least 4 members (excludes halogenated alkanes) is 1. The van der Waals surface area contributed by atoms with Crippen LogP contribution in [0.5, 0.6) is 11.5 Å². The van der Waals surface area contributed by atoms with Gasteiger partial charge in [0.2, 0.25) is 11.6 Å². The quantitative estimate of drug-likeness (QED) is 0.398. The molecule has 0 N–H and O–H groups in total. The Kier molecular flexibility index (Phi) is 7.96. The van der Waals surface area contributed by atoms with E-state index in [1.807, 2.05) is 0 Å². The molecule has 0 radical (unpaired) electrons. The molecule has 25 heavy (non-hydrogen) atoms. The van der Waals surface area contributed by atoms with E-state index in [9.17, 15) is 8.78 Å². The summed E-state index contributed by atoms with van der Waals surface area (Å²) in [6, 6.07) is 2.82. The molecule has 2 rings (SSSR count). The van der Waals surface area contributed by atoms with Crippen LogP contribution in [-0.2, 0) is 0 Å². The van der Waals surface area contributed by atoms with Crippen molar-refractivity contribution in [2.45, 2.75) is 52.4 Å². The zero-order valence-corrected chi connectivity index (χ0v) is 15.1. The van der Waals surface area contributed by atoms with E-state index in [4.69, 9.17) is 9.47 Å². The van der Waals surface area contributed by atoms with Crippen molar-refractivity contribution in [1.29, 1.82) is 0 Å². The van der Waals surface area contributed by atoms with E-state index in [1.165, 1.54) is 24.8 Å². The van der Waals surface area contributed by atoms with Gasteiger partial charge in [0.25, 0.3) is 0 Å². The molecular weight excluding hydrogens is 322 g/mol. The fourth-order valence-corrected chi connectivity index (χ4v) is 3.07. The molecule has 138 valence electrons. The van der Waals surface area contributed by atoms with Gasteiger partial charge in [0.1, 0.15) is 0 Å². The van der Waals surface area contributed by atoms with Crippen LogP contribution in [-0.4, -0.2) is 6.61 Å². The van der Waals surface area contributed by atoms with E-state index in [-0.39, 0.29) is 11.5 Å². The SMILES string of the molecule is C/C=C/Oc1ccc(OCC2CCC(/C=C/CCC)CC2)c(F)c1F. The number of hydrogen-bond acceptors (Lipinski definition) is 2. The first-order valence-electron chi connectivity index (χ1n) is 9.21. The minimum atomic E-state index is -1.01. The molecule has 1 aliphatic rings. The first kappa shape index (κ1) is 19.5. The molecule has 1 saturated carbocycles. The summed E-state index contributed by atoms with van der Waals surface area (Å²) in [7, 11) is 0. The maximum atomic E-state index is 14.1. The lowest BCUT2D eigenvalue weighted by atomic mass is 9.82. The molecule has 1 aromatic carbocycles. The van der Waals surface area contributed by atoms with E-state index in [2.05, 4.69) is 19.1 Å². The molecule has 4 heteroatoms. The van der Waals surface area contributed by atoms with Crippen LogP contribution in [0.4, 0.5) is 8.78 Å². The summed E-state index contributed by atoms with van der Waals surface area (Å²) >= 11 is 0. The number of hydrogen-bond donors (Lipinski definition) is 0. The van der Waals surface area contributed by atoms with E-state index < -0.39 is 11.6 Å². The summed E-state index contributed by atoms with van der Waals surface area (Å²) < 4.78 is 38.5. The van der Waals surface area contributed by atoms with Crippen molar-refractivity contribution in [2.24, 2.45) is 11.8 Å². The molecule has 0 unspecified atom stereocenters. The monoisotopic (exact) mass is 350 g/mol. The van der Waals surface area contributed by atoms with Gasteiger partial charge in [-0.25, -0.2) is 0 Å². The molecule has 0 aliphatic heterocycles. The molecule has 0 atom stereocenters. The van der Waals surface area contributed by atoms with Crippen molar-refractivity contribution in [3.05, 3.63) is 48.3 Å². The third-order valence-electron chi connectivity index (χ3n) is 4.57. The van der Waals surface area contributed by atoms with Crippen LogP contribution in [0.25, 0.3) is 0 Å². The highest BCUT2D eigenvalue weighted by atomic mass is 19.2. The Hall–Kier alpha value is -1.84. The van der Waals surface area contributed by atoms with Crippen LogP contribution in [0.1, 0.15) is 52.4 Å². The second kappa shape index (κ2) is 10.2. The van der Waals surface area contributed by atoms with E-state index >= 15 is 0 Å². The Labute approximate surface area is 149 Å². The molecule has 0 aromatic heterocycles. The zero-order valence-electron chi connectivity index (χ0n) is 15.1. The normalized spacial score (nSPS) is 21.1. The van der Waals surface area contributed by atoms with Gasteiger partial charge < -0.3 is 9.47 Å². The fourth-order valence-electron chi connectivity index (χ4n) is 3.07. The van der Waals surface area contributed by atoms with Crippen LogP contribution in [0.3, 0.4) is 0 Å². The van der Waals surface area contributed by atoms with Gasteiger partial charge >= 0.3 is 0 Å². The van der Waals surface area contributed by atoms with Crippen LogP contribution in [0.15, 0.2) is 36.6 Å². The first-order valence-corrected chi connectivity index (χ1v) is 9.21. The smallest absolute Gasteiger partial charge is 0.205 e. The number of benzene rings is 1. The molecule has 0 spiro atoms. The summed E-state index contributed by atoms with van der Waals surface area (Å²) in [6.07, 6.45) is 14.3. The lowest BCUT2D eigenvalue weighted by Crippen LogP contribution is -2.19. The number of allylic oxidation sites excluding steroid dienone is 3. The van der Waals surface area contributed by atoms with E-state index in [0.717, 1.165) is 32.1 Å². The second-order valence-electron chi connectivity index (χ2n) is 6.59. The number of rotatable bonds is 8. The van der Waals surface area contributed by atoms with Crippen LogP contribution >= 0.6 is 0 Å². The Morgan fingerprint density at radius 3 is 2.44 bits per heavy atom. The molecule has 0 amide bonds. The Morgan fingerprint density at radius 1 is 1.08 bits per heavy atom. The minimum absolute atomic E-state index is 0.0460. The topological polar surface area (TPSA) is 18.5 Å². The van der Waals surface area contributed by atoms with Crippen molar-refractivity contribution >= 4 is 0 Å². The molecule has 2 nitrogen and oxygen atoms in total. The third-order valence-corrected chi connectivity index (χ3v) is 4.57. The molecule has 1 fully saturated rings. The van der Waals surface area contributed by atoms with E-state index in [0.29, 0.717) is 18.4 Å². The van der Waals surface area contributed by atoms with Crippen LogP contribution in [0.2, 0.25) is 0 Å². The van der Waals surface area contributed by atoms with Gasteiger partial charge in [-0.1, -0.05) is 31.6 Å². The van der Waals surface area contributed by atoms with Gasteiger partial charge in [-0.05, 0) is 63.0 Å². The molecule has 0 heterocycles. The summed E-state index contributed by atoms with van der Waals surface area (Å²) in [5.74, 6) is -1.13. The predicted octanol–water partition coefficient (Wildman–Crippen LogP) is 6.42. The first-order chi connectivity index (χ1) is 12.2. The highest BCUT2D eigenvalue weighted by Crippen LogP contribution is 2.32. The standard InChI is InChI=1S/C21H28F2O2/c1-3-5-6-7-16-8-10-17(11-9-16)15-25-19-13-12-18(24-14-4-2)20(22)21(19)23/h4,6-7,12-14,16-17H,3,5,8-11,15H2,1-2H3/b7-6+,14-4+. The summed E-state index contributed by atoms with van der Waals surface area (Å²) in [5, 5.41) is 0. The Morgan fingerprint density at radius 2 is 1.76 bits per heavy atom. The molecule has 0 saturated heterocycles. The Bertz CT molecular complexity index is 588.